The largest absolute Gasteiger partial charge is 0.454 e. The second-order valence-electron chi connectivity index (χ2n) is 7.78. The van der Waals surface area contributed by atoms with E-state index in [9.17, 15) is 18.0 Å². The molecule has 0 radical (unpaired) electrons. The van der Waals surface area contributed by atoms with E-state index in [-0.39, 0.29) is 24.7 Å². The normalized spacial score (nSPS) is 19.2. The number of aryl methyl sites for hydroxylation is 1. The van der Waals surface area contributed by atoms with Crippen LogP contribution in [0.3, 0.4) is 0 Å². The van der Waals surface area contributed by atoms with Crippen LogP contribution in [0.1, 0.15) is 40.1 Å². The summed E-state index contributed by atoms with van der Waals surface area (Å²) in [4.78, 5) is 12.7. The zero-order chi connectivity index (χ0) is 22.5. The van der Waals surface area contributed by atoms with Crippen molar-refractivity contribution in [2.24, 2.45) is 0 Å². The van der Waals surface area contributed by atoms with Crippen LogP contribution in [-0.2, 0) is 0 Å². The summed E-state index contributed by atoms with van der Waals surface area (Å²) in [6.45, 7) is 2.00. The summed E-state index contributed by atoms with van der Waals surface area (Å²) >= 11 is 0. The van der Waals surface area contributed by atoms with E-state index in [2.05, 4.69) is 15.7 Å². The highest BCUT2D eigenvalue weighted by atomic mass is 19.4. The minimum atomic E-state index is -4.52. The van der Waals surface area contributed by atoms with Crippen LogP contribution >= 0.6 is 0 Å². The van der Waals surface area contributed by atoms with Gasteiger partial charge in [0.2, 0.25) is 6.79 Å². The molecule has 0 saturated carbocycles. The van der Waals surface area contributed by atoms with Gasteiger partial charge in [-0.15, -0.1) is 0 Å². The molecule has 1 amide bonds. The van der Waals surface area contributed by atoms with Crippen LogP contribution in [0.15, 0.2) is 48.5 Å². The van der Waals surface area contributed by atoms with Crippen LogP contribution < -0.4 is 20.1 Å². The molecule has 10 heteroatoms. The maximum absolute atomic E-state index is 13.8. The molecule has 3 heterocycles. The van der Waals surface area contributed by atoms with E-state index in [1.54, 1.807) is 30.3 Å². The quantitative estimate of drug-likeness (QED) is 0.605. The second kappa shape index (κ2) is 7.47. The first-order chi connectivity index (χ1) is 15.3. The molecule has 2 atom stereocenters. The molecule has 166 valence electrons. The van der Waals surface area contributed by atoms with E-state index >= 15 is 0 Å². The van der Waals surface area contributed by atoms with Gasteiger partial charge in [-0.3, -0.25) is 4.79 Å². The van der Waals surface area contributed by atoms with E-state index < -0.39 is 24.2 Å². The topological polar surface area (TPSA) is 77.4 Å². The van der Waals surface area contributed by atoms with Gasteiger partial charge < -0.3 is 20.1 Å². The fourth-order valence-corrected chi connectivity index (χ4v) is 3.87. The van der Waals surface area contributed by atoms with Crippen molar-refractivity contribution in [2.45, 2.75) is 31.6 Å². The van der Waals surface area contributed by atoms with Crippen LogP contribution in [-0.4, -0.2) is 28.7 Å². The molecule has 2 aliphatic heterocycles. The molecule has 0 bridgehead atoms. The van der Waals surface area contributed by atoms with Gasteiger partial charge in [-0.25, -0.2) is 4.68 Å². The number of carbonyl (C=O) groups is 1. The molecule has 0 unspecified atom stereocenters. The van der Waals surface area contributed by atoms with Gasteiger partial charge in [-0.05, 0) is 24.6 Å². The number of anilines is 2. The Morgan fingerprint density at radius 1 is 1.12 bits per heavy atom. The Hall–Kier alpha value is -3.69. The van der Waals surface area contributed by atoms with E-state index in [1.165, 1.54) is 6.07 Å². The van der Waals surface area contributed by atoms with Crippen LogP contribution in [0.2, 0.25) is 0 Å². The minimum Gasteiger partial charge on any atom is -0.454 e. The van der Waals surface area contributed by atoms with Gasteiger partial charge in [0.25, 0.3) is 5.91 Å². The van der Waals surface area contributed by atoms with Gasteiger partial charge in [0.05, 0.1) is 6.04 Å². The third-order valence-electron chi connectivity index (χ3n) is 5.53. The van der Waals surface area contributed by atoms with E-state index in [0.717, 1.165) is 15.8 Å². The van der Waals surface area contributed by atoms with Gasteiger partial charge >= 0.3 is 6.18 Å². The van der Waals surface area contributed by atoms with Crippen LogP contribution in [0.5, 0.6) is 11.5 Å². The third kappa shape index (κ3) is 3.72. The Balaban J connectivity index is 1.42. The van der Waals surface area contributed by atoms with Gasteiger partial charge in [-0.1, -0.05) is 29.8 Å². The molecule has 0 spiro atoms. The number of fused-ring (bicyclic) bond motifs is 2. The highest BCUT2D eigenvalue weighted by Crippen LogP contribution is 2.43. The molecule has 7 nitrogen and oxygen atoms in total. The zero-order valence-corrected chi connectivity index (χ0v) is 16.9. The number of aromatic nitrogens is 2. The number of alkyl halides is 3. The molecule has 32 heavy (non-hydrogen) atoms. The van der Waals surface area contributed by atoms with E-state index in [4.69, 9.17) is 9.47 Å². The van der Waals surface area contributed by atoms with E-state index in [0.29, 0.717) is 17.2 Å². The minimum absolute atomic E-state index is 0.0904. The summed E-state index contributed by atoms with van der Waals surface area (Å²) in [6.07, 6.45) is -4.75. The van der Waals surface area contributed by atoms with Crippen LogP contribution in [0.4, 0.5) is 24.7 Å². The number of benzene rings is 2. The van der Waals surface area contributed by atoms with Crippen LogP contribution in [0.25, 0.3) is 0 Å². The number of rotatable bonds is 3. The molecule has 1 aromatic heterocycles. The number of nitrogens with one attached hydrogen (secondary N) is 2. The van der Waals surface area contributed by atoms with Gasteiger partial charge in [0.15, 0.2) is 23.2 Å². The first-order valence-corrected chi connectivity index (χ1v) is 9.98. The van der Waals surface area contributed by atoms with Crippen molar-refractivity contribution < 1.29 is 27.4 Å². The average Bonchev–Trinajstić information content (AvgIpc) is 3.39. The number of ether oxygens (including phenoxy) is 2. The summed E-state index contributed by atoms with van der Waals surface area (Å²) in [5.41, 5.74) is 2.06. The maximum atomic E-state index is 13.8. The summed E-state index contributed by atoms with van der Waals surface area (Å²) < 4.78 is 52.9. The number of amides is 1. The highest BCUT2D eigenvalue weighted by Gasteiger charge is 2.46. The van der Waals surface area contributed by atoms with Crippen molar-refractivity contribution in [3.63, 3.8) is 0 Å². The van der Waals surface area contributed by atoms with Gasteiger partial charge in [0.1, 0.15) is 5.82 Å². The first kappa shape index (κ1) is 20.2. The SMILES string of the molecule is Cc1ccc([C@H]2C[C@H](C(F)(F)F)n3nc(C(=O)Nc4ccc5c(c4)OCO5)cc3N2)cc1. The zero-order valence-electron chi connectivity index (χ0n) is 16.9. The number of carbonyl (C=O) groups excluding carboxylic acids is 1. The highest BCUT2D eigenvalue weighted by molar-refractivity contribution is 6.03. The third-order valence-corrected chi connectivity index (χ3v) is 5.53. The average molecular weight is 444 g/mol. The first-order valence-electron chi connectivity index (χ1n) is 9.98. The van der Waals surface area contributed by atoms with Crippen molar-refractivity contribution in [1.29, 1.82) is 0 Å². The Labute approximate surface area is 181 Å². The molecular formula is C22H19F3N4O3. The lowest BCUT2D eigenvalue weighted by molar-refractivity contribution is -0.173. The molecule has 0 aliphatic carbocycles. The predicted octanol–water partition coefficient (Wildman–Crippen LogP) is 4.83. The lowest BCUT2D eigenvalue weighted by Gasteiger charge is -2.33. The Morgan fingerprint density at radius 3 is 2.62 bits per heavy atom. The molecule has 2 N–H and O–H groups in total. The fraction of sp³-hybridized carbons (Fsp3) is 0.273. The lowest BCUT2D eigenvalue weighted by atomic mass is 9.96. The monoisotopic (exact) mass is 444 g/mol. The van der Waals surface area contributed by atoms with Crippen molar-refractivity contribution in [3.8, 4) is 11.5 Å². The molecule has 0 saturated heterocycles. The van der Waals surface area contributed by atoms with Crippen molar-refractivity contribution in [2.75, 3.05) is 17.4 Å². The summed E-state index contributed by atoms with van der Waals surface area (Å²) in [6, 6.07) is 11.1. The molecule has 5 rings (SSSR count). The number of hydrogen-bond donors (Lipinski definition) is 2. The summed E-state index contributed by atoms with van der Waals surface area (Å²) in [5.74, 6) is 0.548. The van der Waals surface area contributed by atoms with Gasteiger partial charge in [-0.2, -0.15) is 18.3 Å². The standard InChI is InChI=1S/C22H19F3N4O3/c1-12-2-4-13(5-3-12)15-9-19(22(23,24)25)29-20(27-15)10-16(28-29)21(30)26-14-6-7-17-18(8-14)32-11-31-17/h2-8,10,15,19,27H,9,11H2,1H3,(H,26,30)/t15-,19-/m1/s1. The Bertz CT molecular complexity index is 1170. The Kier molecular flexibility index (Phi) is 4.72. The Morgan fingerprint density at radius 2 is 1.88 bits per heavy atom. The van der Waals surface area contributed by atoms with Crippen LogP contribution in [0, 0.1) is 6.92 Å². The maximum Gasteiger partial charge on any atom is 0.410 e. The molecule has 2 aliphatic rings. The van der Waals surface area contributed by atoms with Crippen molar-refractivity contribution >= 4 is 17.4 Å². The number of nitrogens with zero attached hydrogens (tertiary/aromatic N) is 2. The number of hydrogen-bond acceptors (Lipinski definition) is 5. The molecule has 3 aromatic rings. The molecule has 2 aromatic carbocycles. The molecule has 0 fully saturated rings. The lowest BCUT2D eigenvalue weighted by Crippen LogP contribution is -2.35. The van der Waals surface area contributed by atoms with Crippen molar-refractivity contribution in [1.82, 2.24) is 9.78 Å². The summed E-state index contributed by atoms with van der Waals surface area (Å²) in [5, 5.41) is 9.71. The summed E-state index contributed by atoms with van der Waals surface area (Å²) in [7, 11) is 0. The van der Waals surface area contributed by atoms with Gasteiger partial charge in [0, 0.05) is 24.2 Å². The second-order valence-corrected chi connectivity index (χ2v) is 7.78. The number of halogens is 3. The van der Waals surface area contributed by atoms with E-state index in [1.807, 2.05) is 19.1 Å². The van der Waals surface area contributed by atoms with Crippen molar-refractivity contribution in [3.05, 3.63) is 65.4 Å². The smallest absolute Gasteiger partial charge is 0.410 e. The molecular weight excluding hydrogens is 425 g/mol. The predicted molar refractivity (Wildman–Crippen MR) is 110 cm³/mol. The fourth-order valence-electron chi connectivity index (χ4n) is 3.87.